The minimum atomic E-state index is -0.752. The van der Waals surface area contributed by atoms with Gasteiger partial charge in [-0.25, -0.2) is 0 Å². The summed E-state index contributed by atoms with van der Waals surface area (Å²) < 4.78 is 0. The molecule has 0 spiro atoms. The lowest BCUT2D eigenvalue weighted by Gasteiger charge is -2.12. The van der Waals surface area contributed by atoms with Crippen molar-refractivity contribution in [2.45, 2.75) is 24.7 Å². The molecule has 0 bridgehead atoms. The van der Waals surface area contributed by atoms with Crippen molar-refractivity contribution in [1.82, 2.24) is 0 Å². The number of benzene rings is 2. The highest BCUT2D eigenvalue weighted by atomic mass is 32.2. The molecule has 2 aromatic rings. The normalized spacial score (nSPS) is 11.7. The molecule has 0 aromatic heterocycles. The van der Waals surface area contributed by atoms with Gasteiger partial charge in [-0.2, -0.15) is 5.26 Å². The van der Waals surface area contributed by atoms with Crippen molar-refractivity contribution in [3.8, 4) is 6.07 Å². The van der Waals surface area contributed by atoms with Gasteiger partial charge < -0.3 is 0 Å². The number of nitriles is 1. The van der Waals surface area contributed by atoms with Crippen LogP contribution in [0.1, 0.15) is 33.0 Å². The average Bonchev–Trinajstić information content (AvgIpc) is 2.51. The van der Waals surface area contributed by atoms with Gasteiger partial charge in [-0.3, -0.25) is 4.79 Å². The third-order valence-corrected chi connectivity index (χ3v) is 4.42. The Morgan fingerprint density at radius 3 is 2.48 bits per heavy atom. The van der Waals surface area contributed by atoms with E-state index in [0.717, 1.165) is 21.6 Å². The van der Waals surface area contributed by atoms with Crippen LogP contribution in [0.25, 0.3) is 0 Å². The van der Waals surface area contributed by atoms with E-state index in [1.807, 2.05) is 56.5 Å². The lowest BCUT2D eigenvalue weighted by molar-refractivity contribution is 0.0976. The quantitative estimate of drug-likeness (QED) is 0.615. The molecule has 0 aliphatic carbocycles. The van der Waals surface area contributed by atoms with Gasteiger partial charge in [0.15, 0.2) is 5.78 Å². The third kappa shape index (κ3) is 3.17. The Kier molecular flexibility index (Phi) is 4.82. The fourth-order valence-electron chi connectivity index (χ4n) is 2.23. The number of aryl methyl sites for hydroxylation is 2. The van der Waals surface area contributed by atoms with Gasteiger partial charge in [0.1, 0.15) is 5.92 Å². The van der Waals surface area contributed by atoms with Gasteiger partial charge in [-0.15, -0.1) is 11.8 Å². The molecule has 2 aromatic carbocycles. The number of nitrogens with zero attached hydrogens (tertiary/aromatic N) is 1. The molecule has 0 N–H and O–H groups in total. The van der Waals surface area contributed by atoms with Gasteiger partial charge >= 0.3 is 0 Å². The SMILES string of the molecule is CSc1ccccc1C(=O)C(C#N)c1ccc(C)c(C)c1. The van der Waals surface area contributed by atoms with Crippen LogP contribution in [0.5, 0.6) is 0 Å². The molecular weight excluding hydrogens is 278 g/mol. The summed E-state index contributed by atoms with van der Waals surface area (Å²) in [6, 6.07) is 15.4. The smallest absolute Gasteiger partial charge is 0.185 e. The molecule has 1 unspecified atom stereocenters. The van der Waals surface area contributed by atoms with Gasteiger partial charge in [-0.1, -0.05) is 36.4 Å². The van der Waals surface area contributed by atoms with Crippen LogP contribution in [0.3, 0.4) is 0 Å². The van der Waals surface area contributed by atoms with Gasteiger partial charge in [0.2, 0.25) is 0 Å². The molecule has 0 aliphatic heterocycles. The highest BCUT2D eigenvalue weighted by molar-refractivity contribution is 7.98. The highest BCUT2D eigenvalue weighted by Gasteiger charge is 2.23. The van der Waals surface area contributed by atoms with Gasteiger partial charge in [0.05, 0.1) is 6.07 Å². The molecule has 0 heterocycles. The van der Waals surface area contributed by atoms with E-state index in [2.05, 4.69) is 6.07 Å². The van der Waals surface area contributed by atoms with Crippen LogP contribution in [0.4, 0.5) is 0 Å². The van der Waals surface area contributed by atoms with Crippen molar-refractivity contribution in [3.05, 3.63) is 64.7 Å². The van der Waals surface area contributed by atoms with E-state index in [0.29, 0.717) is 5.56 Å². The number of ketones is 1. The van der Waals surface area contributed by atoms with Gasteiger partial charge in [0, 0.05) is 10.5 Å². The molecule has 2 nitrogen and oxygen atoms in total. The van der Waals surface area contributed by atoms with E-state index in [-0.39, 0.29) is 5.78 Å². The molecule has 3 heteroatoms. The van der Waals surface area contributed by atoms with Crippen molar-refractivity contribution >= 4 is 17.5 Å². The largest absolute Gasteiger partial charge is 0.292 e. The summed E-state index contributed by atoms with van der Waals surface area (Å²) in [6.45, 7) is 4.01. The highest BCUT2D eigenvalue weighted by Crippen LogP contribution is 2.27. The molecule has 0 fully saturated rings. The fraction of sp³-hybridized carbons (Fsp3) is 0.222. The summed E-state index contributed by atoms with van der Waals surface area (Å²) in [7, 11) is 0. The summed E-state index contributed by atoms with van der Waals surface area (Å²) in [5.74, 6) is -0.886. The molecule has 0 amide bonds. The van der Waals surface area contributed by atoms with Crippen LogP contribution in [-0.4, -0.2) is 12.0 Å². The zero-order valence-electron chi connectivity index (χ0n) is 12.4. The maximum atomic E-state index is 12.7. The number of hydrogen-bond donors (Lipinski definition) is 0. The maximum Gasteiger partial charge on any atom is 0.185 e. The Labute approximate surface area is 129 Å². The second-order valence-electron chi connectivity index (χ2n) is 4.97. The van der Waals surface area contributed by atoms with E-state index >= 15 is 0 Å². The first kappa shape index (κ1) is 15.3. The number of hydrogen-bond acceptors (Lipinski definition) is 3. The zero-order chi connectivity index (χ0) is 15.4. The lowest BCUT2D eigenvalue weighted by atomic mass is 9.90. The molecule has 106 valence electrons. The summed E-state index contributed by atoms with van der Waals surface area (Å²) in [5.41, 5.74) is 3.64. The minimum absolute atomic E-state index is 0.134. The van der Waals surface area contributed by atoms with Gasteiger partial charge in [0.25, 0.3) is 0 Å². The number of thioether (sulfide) groups is 1. The summed E-state index contributed by atoms with van der Waals surface area (Å²) >= 11 is 1.52. The molecule has 2 rings (SSSR count). The standard InChI is InChI=1S/C18H17NOS/c1-12-8-9-14(10-13(12)2)16(11-19)18(20)15-6-4-5-7-17(15)21-3/h4-10,16H,1-3H3. The molecular formula is C18H17NOS. The van der Waals surface area contributed by atoms with Crippen LogP contribution in [0.15, 0.2) is 47.4 Å². The Morgan fingerprint density at radius 2 is 1.86 bits per heavy atom. The Morgan fingerprint density at radius 1 is 1.14 bits per heavy atom. The van der Waals surface area contributed by atoms with Crippen molar-refractivity contribution in [2.75, 3.05) is 6.26 Å². The van der Waals surface area contributed by atoms with Crippen molar-refractivity contribution in [1.29, 1.82) is 5.26 Å². The lowest BCUT2D eigenvalue weighted by Crippen LogP contribution is -2.12. The minimum Gasteiger partial charge on any atom is -0.292 e. The third-order valence-electron chi connectivity index (χ3n) is 3.63. The number of carbonyl (C=O) groups is 1. The van der Waals surface area contributed by atoms with Crippen LogP contribution < -0.4 is 0 Å². The van der Waals surface area contributed by atoms with E-state index in [1.54, 1.807) is 6.07 Å². The molecule has 0 saturated heterocycles. The van der Waals surface area contributed by atoms with Crippen LogP contribution in [0, 0.1) is 25.2 Å². The summed E-state index contributed by atoms with van der Waals surface area (Å²) in [4.78, 5) is 13.6. The van der Waals surface area contributed by atoms with E-state index in [1.165, 1.54) is 11.8 Å². The van der Waals surface area contributed by atoms with Gasteiger partial charge in [-0.05, 0) is 42.9 Å². The summed E-state index contributed by atoms with van der Waals surface area (Å²) in [6.07, 6.45) is 1.93. The number of carbonyl (C=O) groups excluding carboxylic acids is 1. The first-order valence-corrected chi connectivity index (χ1v) is 7.95. The first-order chi connectivity index (χ1) is 10.1. The second-order valence-corrected chi connectivity index (χ2v) is 5.82. The first-order valence-electron chi connectivity index (χ1n) is 6.72. The Balaban J connectivity index is 2.44. The molecule has 1 atom stereocenters. The fourth-order valence-corrected chi connectivity index (χ4v) is 2.84. The molecule has 0 radical (unpaired) electrons. The Hall–Kier alpha value is -2.05. The predicted molar refractivity (Wildman–Crippen MR) is 86.8 cm³/mol. The number of rotatable bonds is 4. The predicted octanol–water partition coefficient (Wildman–Crippen LogP) is 4.52. The molecule has 0 aliphatic rings. The van der Waals surface area contributed by atoms with Crippen molar-refractivity contribution in [2.24, 2.45) is 0 Å². The maximum absolute atomic E-state index is 12.7. The van der Waals surface area contributed by atoms with Crippen LogP contribution in [-0.2, 0) is 0 Å². The van der Waals surface area contributed by atoms with Crippen LogP contribution >= 0.6 is 11.8 Å². The monoisotopic (exact) mass is 295 g/mol. The van der Waals surface area contributed by atoms with E-state index < -0.39 is 5.92 Å². The van der Waals surface area contributed by atoms with Crippen molar-refractivity contribution < 1.29 is 4.79 Å². The van der Waals surface area contributed by atoms with E-state index in [9.17, 15) is 10.1 Å². The molecule has 21 heavy (non-hydrogen) atoms. The summed E-state index contributed by atoms with van der Waals surface area (Å²) in [5, 5.41) is 9.46. The topological polar surface area (TPSA) is 40.9 Å². The second kappa shape index (κ2) is 6.60. The average molecular weight is 295 g/mol. The zero-order valence-corrected chi connectivity index (χ0v) is 13.2. The van der Waals surface area contributed by atoms with Crippen molar-refractivity contribution in [3.63, 3.8) is 0 Å². The van der Waals surface area contributed by atoms with Crippen LogP contribution in [0.2, 0.25) is 0 Å². The number of Topliss-reactive ketones (excluding diaryl/α,β-unsaturated/α-hetero) is 1. The molecule has 0 saturated carbocycles. The Bertz CT molecular complexity index is 715. The van der Waals surface area contributed by atoms with E-state index in [4.69, 9.17) is 0 Å².